The van der Waals surface area contributed by atoms with E-state index in [0.717, 1.165) is 11.6 Å². The average molecular weight is 541 g/mol. The van der Waals surface area contributed by atoms with Crippen molar-refractivity contribution in [1.82, 2.24) is 4.90 Å². The van der Waals surface area contributed by atoms with Crippen LogP contribution in [0.25, 0.3) is 0 Å². The summed E-state index contributed by atoms with van der Waals surface area (Å²) in [6.07, 6.45) is 0.904. The van der Waals surface area contributed by atoms with Crippen LogP contribution in [-0.2, 0) is 35.8 Å². The summed E-state index contributed by atoms with van der Waals surface area (Å²) in [4.78, 5) is 26.4. The van der Waals surface area contributed by atoms with Crippen LogP contribution < -0.4 is 4.31 Å². The molecule has 1 saturated heterocycles. The Kier molecular flexibility index (Phi) is 7.12. The molecule has 12 heteroatoms. The lowest BCUT2D eigenvalue weighted by atomic mass is 10.2. The van der Waals surface area contributed by atoms with Crippen LogP contribution in [0.3, 0.4) is 0 Å². The van der Waals surface area contributed by atoms with Gasteiger partial charge in [-0.3, -0.25) is 9.10 Å². The van der Waals surface area contributed by atoms with Crippen LogP contribution in [0.15, 0.2) is 47.4 Å². The van der Waals surface area contributed by atoms with E-state index in [1.807, 2.05) is 12.1 Å². The van der Waals surface area contributed by atoms with E-state index in [-0.39, 0.29) is 40.1 Å². The standard InChI is InChI=1S/C23H25ClN2O7S2/c1-2-25(18-10-12-34(29,30)15-18)22(27)14-33-23(28)17-7-8-19(24)21(13-17)35(31,32)26-11-9-16-5-3-4-6-20(16)26/h3-8,13,18H,2,9-12,14-15H2,1H3/t18-/m0/s1. The number of carbonyl (C=O) groups is 2. The van der Waals surface area contributed by atoms with Crippen molar-refractivity contribution in [2.24, 2.45) is 0 Å². The van der Waals surface area contributed by atoms with Crippen LogP contribution in [0, 0.1) is 0 Å². The third kappa shape index (κ3) is 5.17. The summed E-state index contributed by atoms with van der Waals surface area (Å²) in [6.45, 7) is 1.66. The number of likely N-dealkylation sites (N-methyl/N-ethyl adjacent to an activating group) is 1. The van der Waals surface area contributed by atoms with Crippen molar-refractivity contribution in [3.63, 3.8) is 0 Å². The first-order chi connectivity index (χ1) is 16.5. The van der Waals surface area contributed by atoms with Gasteiger partial charge < -0.3 is 9.64 Å². The molecule has 9 nitrogen and oxygen atoms in total. The van der Waals surface area contributed by atoms with Gasteiger partial charge in [0.25, 0.3) is 15.9 Å². The van der Waals surface area contributed by atoms with Gasteiger partial charge in [-0.2, -0.15) is 0 Å². The maximum absolute atomic E-state index is 13.4. The summed E-state index contributed by atoms with van der Waals surface area (Å²) in [6, 6.07) is 10.5. The fourth-order valence-electron chi connectivity index (χ4n) is 4.46. The second kappa shape index (κ2) is 9.79. The molecule has 2 aliphatic heterocycles. The Morgan fingerprint density at radius 2 is 1.94 bits per heavy atom. The highest BCUT2D eigenvalue weighted by atomic mass is 35.5. The molecular weight excluding hydrogens is 516 g/mol. The van der Waals surface area contributed by atoms with Crippen molar-refractivity contribution in [2.75, 3.05) is 35.5 Å². The lowest BCUT2D eigenvalue weighted by Gasteiger charge is -2.26. The molecule has 2 heterocycles. The number of nitrogens with zero attached hydrogens (tertiary/aromatic N) is 2. The number of esters is 1. The first kappa shape index (κ1) is 25.5. The number of para-hydroxylation sites is 1. The zero-order valence-corrected chi connectivity index (χ0v) is 21.4. The summed E-state index contributed by atoms with van der Waals surface area (Å²) in [5.41, 5.74) is 1.40. The predicted molar refractivity (Wildman–Crippen MR) is 131 cm³/mol. The second-order valence-electron chi connectivity index (χ2n) is 8.41. The molecule has 0 saturated carbocycles. The lowest BCUT2D eigenvalue weighted by Crippen LogP contribution is -2.43. The first-order valence-corrected chi connectivity index (χ1v) is 14.7. The van der Waals surface area contributed by atoms with Crippen molar-refractivity contribution in [1.29, 1.82) is 0 Å². The van der Waals surface area contributed by atoms with Crippen molar-refractivity contribution in [3.8, 4) is 0 Å². The smallest absolute Gasteiger partial charge is 0.338 e. The van der Waals surface area contributed by atoms with Gasteiger partial charge in [0.05, 0.1) is 27.8 Å². The van der Waals surface area contributed by atoms with E-state index in [1.165, 1.54) is 21.3 Å². The minimum Gasteiger partial charge on any atom is -0.452 e. The zero-order valence-electron chi connectivity index (χ0n) is 19.0. The Labute approximate surface area is 209 Å². The third-order valence-electron chi connectivity index (χ3n) is 6.22. The van der Waals surface area contributed by atoms with Gasteiger partial charge in [0, 0.05) is 19.1 Å². The Balaban J connectivity index is 1.49. The van der Waals surface area contributed by atoms with Crippen molar-refractivity contribution < 1.29 is 31.2 Å². The minimum absolute atomic E-state index is 0.0186. The maximum Gasteiger partial charge on any atom is 0.338 e. The van der Waals surface area contributed by atoms with Gasteiger partial charge in [-0.1, -0.05) is 29.8 Å². The van der Waals surface area contributed by atoms with E-state index in [4.69, 9.17) is 16.3 Å². The molecule has 1 fully saturated rings. The van der Waals surface area contributed by atoms with Crippen LogP contribution in [0.5, 0.6) is 0 Å². The summed E-state index contributed by atoms with van der Waals surface area (Å²) in [5.74, 6) is -1.50. The highest BCUT2D eigenvalue weighted by Crippen LogP contribution is 2.35. The van der Waals surface area contributed by atoms with Crippen LogP contribution in [0.1, 0.15) is 29.3 Å². The highest BCUT2D eigenvalue weighted by molar-refractivity contribution is 7.93. The van der Waals surface area contributed by atoms with Crippen LogP contribution in [-0.4, -0.2) is 70.9 Å². The van der Waals surface area contributed by atoms with E-state index in [9.17, 15) is 26.4 Å². The van der Waals surface area contributed by atoms with Gasteiger partial charge in [0.2, 0.25) is 0 Å². The quantitative estimate of drug-likeness (QED) is 0.494. The molecule has 0 bridgehead atoms. The van der Waals surface area contributed by atoms with E-state index >= 15 is 0 Å². The summed E-state index contributed by atoms with van der Waals surface area (Å²) >= 11 is 6.21. The van der Waals surface area contributed by atoms with E-state index in [0.29, 0.717) is 18.5 Å². The number of rotatable bonds is 7. The molecule has 2 aliphatic rings. The van der Waals surface area contributed by atoms with Gasteiger partial charge in [0.1, 0.15) is 4.90 Å². The van der Waals surface area contributed by atoms with Crippen LogP contribution in [0.4, 0.5) is 5.69 Å². The molecule has 2 aromatic rings. The van der Waals surface area contributed by atoms with Crippen molar-refractivity contribution in [3.05, 3.63) is 58.6 Å². The molecule has 0 spiro atoms. The molecule has 0 aromatic heterocycles. The van der Waals surface area contributed by atoms with Crippen molar-refractivity contribution in [2.45, 2.75) is 30.7 Å². The Morgan fingerprint density at radius 3 is 2.63 bits per heavy atom. The number of ether oxygens (including phenoxy) is 1. The largest absolute Gasteiger partial charge is 0.452 e. The molecule has 1 atom stereocenters. The molecule has 1 amide bonds. The first-order valence-electron chi connectivity index (χ1n) is 11.1. The minimum atomic E-state index is -4.05. The van der Waals surface area contributed by atoms with Crippen LogP contribution >= 0.6 is 11.6 Å². The molecule has 0 radical (unpaired) electrons. The number of halogens is 1. The number of fused-ring (bicyclic) bond motifs is 1. The van der Waals surface area contributed by atoms with E-state index < -0.39 is 44.4 Å². The monoisotopic (exact) mass is 540 g/mol. The number of sulfone groups is 1. The van der Waals surface area contributed by atoms with Crippen LogP contribution in [0.2, 0.25) is 5.02 Å². The maximum atomic E-state index is 13.4. The fraction of sp³-hybridized carbons (Fsp3) is 0.391. The van der Waals surface area contributed by atoms with Gasteiger partial charge in [-0.15, -0.1) is 0 Å². The number of sulfonamides is 1. The molecule has 0 N–H and O–H groups in total. The molecular formula is C23H25ClN2O7S2. The average Bonchev–Trinajstić information content (AvgIpc) is 3.41. The molecule has 188 valence electrons. The van der Waals surface area contributed by atoms with Gasteiger partial charge >= 0.3 is 5.97 Å². The van der Waals surface area contributed by atoms with Crippen molar-refractivity contribution >= 4 is 49.0 Å². The number of hydrogen-bond donors (Lipinski definition) is 0. The topological polar surface area (TPSA) is 118 Å². The number of carbonyl (C=O) groups excluding carboxylic acids is 2. The SMILES string of the molecule is CCN(C(=O)COC(=O)c1ccc(Cl)c(S(=O)(=O)N2CCc3ccccc32)c1)[C@H]1CCS(=O)(=O)C1. The zero-order chi connectivity index (χ0) is 25.4. The predicted octanol–water partition coefficient (Wildman–Crippen LogP) is 2.28. The Bertz CT molecular complexity index is 1380. The number of hydrogen-bond acceptors (Lipinski definition) is 7. The van der Waals surface area contributed by atoms with E-state index in [2.05, 4.69) is 0 Å². The molecule has 0 aliphatic carbocycles. The second-order valence-corrected chi connectivity index (χ2v) is 12.9. The summed E-state index contributed by atoms with van der Waals surface area (Å²) in [5, 5.41) is -0.0402. The number of anilines is 1. The van der Waals surface area contributed by atoms with Gasteiger partial charge in [-0.05, 0) is 49.6 Å². The lowest BCUT2D eigenvalue weighted by molar-refractivity contribution is -0.136. The summed E-state index contributed by atoms with van der Waals surface area (Å²) < 4.78 is 56.6. The fourth-order valence-corrected chi connectivity index (χ4v) is 8.19. The van der Waals surface area contributed by atoms with Gasteiger partial charge in [0.15, 0.2) is 16.4 Å². The van der Waals surface area contributed by atoms with Gasteiger partial charge in [-0.25, -0.2) is 21.6 Å². The van der Waals surface area contributed by atoms with E-state index in [1.54, 1.807) is 19.1 Å². The third-order valence-corrected chi connectivity index (χ3v) is 10.3. The Hall–Kier alpha value is -2.63. The number of benzene rings is 2. The molecule has 4 rings (SSSR count). The number of amides is 1. The summed E-state index contributed by atoms with van der Waals surface area (Å²) in [7, 11) is -7.23. The molecule has 0 unspecified atom stereocenters. The molecule has 2 aromatic carbocycles. The normalized spacial score (nSPS) is 18.8. The highest BCUT2D eigenvalue weighted by Gasteiger charge is 2.35. The molecule has 35 heavy (non-hydrogen) atoms. The Morgan fingerprint density at radius 1 is 1.20 bits per heavy atom.